The second-order valence-electron chi connectivity index (χ2n) is 19.3. The number of esters is 1. The average Bonchev–Trinajstić information content (AvgIpc) is 3.29. The highest BCUT2D eigenvalue weighted by Gasteiger charge is 2.18. The summed E-state index contributed by atoms with van der Waals surface area (Å²) >= 11 is 0. The maximum Gasteiger partial charge on any atom is 0.305 e. The van der Waals surface area contributed by atoms with Gasteiger partial charge in [-0.1, -0.05) is 237 Å². The third-order valence-corrected chi connectivity index (χ3v) is 12.9. The molecule has 0 aliphatic rings. The maximum atomic E-state index is 12.5. The van der Waals surface area contributed by atoms with Gasteiger partial charge in [-0.15, -0.1) is 0 Å². The molecule has 0 aliphatic carbocycles. The molecule has 0 bridgehead atoms. The molecule has 0 fully saturated rings. The van der Waals surface area contributed by atoms with Crippen LogP contribution in [0.2, 0.25) is 0 Å². The zero-order valence-electron chi connectivity index (χ0n) is 42.8. The fourth-order valence-corrected chi connectivity index (χ4v) is 8.50. The van der Waals surface area contributed by atoms with Crippen LogP contribution in [0.25, 0.3) is 0 Å². The molecule has 3 N–H and O–H groups in total. The monoisotopic (exact) mass is 900 g/mol. The van der Waals surface area contributed by atoms with E-state index in [-0.39, 0.29) is 18.5 Å². The van der Waals surface area contributed by atoms with Crippen LogP contribution in [0.3, 0.4) is 0 Å². The van der Waals surface area contributed by atoms with Gasteiger partial charge in [0.2, 0.25) is 5.91 Å². The number of carbonyl (C=O) groups excluding carboxylic acids is 2. The molecule has 0 rings (SSSR count). The van der Waals surface area contributed by atoms with Crippen molar-refractivity contribution in [2.45, 2.75) is 309 Å². The van der Waals surface area contributed by atoms with Crippen LogP contribution in [0.15, 0.2) is 36.5 Å². The summed E-state index contributed by atoms with van der Waals surface area (Å²) in [6, 6.07) is -0.637. The molecule has 0 aliphatic heterocycles. The lowest BCUT2D eigenvalue weighted by Gasteiger charge is -2.20. The second kappa shape index (κ2) is 53.7. The number of unbranched alkanes of at least 4 members (excludes halogenated alkanes) is 37. The van der Waals surface area contributed by atoms with E-state index in [0.29, 0.717) is 19.4 Å². The topological polar surface area (TPSA) is 95.9 Å². The number of amides is 1. The molecular formula is C58H109NO5. The summed E-state index contributed by atoms with van der Waals surface area (Å²) in [5.41, 5.74) is 0. The Labute approximate surface area is 398 Å². The van der Waals surface area contributed by atoms with Gasteiger partial charge < -0.3 is 20.3 Å². The van der Waals surface area contributed by atoms with E-state index in [0.717, 1.165) is 57.8 Å². The summed E-state index contributed by atoms with van der Waals surface area (Å²) < 4.78 is 5.45. The van der Waals surface area contributed by atoms with E-state index in [1.165, 1.54) is 212 Å². The Kier molecular flexibility index (Phi) is 52.1. The second-order valence-corrected chi connectivity index (χ2v) is 19.3. The van der Waals surface area contributed by atoms with Gasteiger partial charge in [0, 0.05) is 12.8 Å². The van der Waals surface area contributed by atoms with Crippen LogP contribution in [-0.4, -0.2) is 47.4 Å². The number of allylic oxidation sites excluding steroid dienone is 5. The van der Waals surface area contributed by atoms with Gasteiger partial charge in [-0.05, 0) is 83.5 Å². The Morgan fingerprint density at radius 3 is 1.14 bits per heavy atom. The van der Waals surface area contributed by atoms with E-state index >= 15 is 0 Å². The molecule has 0 aromatic carbocycles. The molecule has 0 radical (unpaired) electrons. The van der Waals surface area contributed by atoms with E-state index in [9.17, 15) is 19.8 Å². The molecule has 2 atom stereocenters. The van der Waals surface area contributed by atoms with Crippen molar-refractivity contribution in [3.05, 3.63) is 36.5 Å². The number of aliphatic hydroxyl groups is 2. The Morgan fingerprint density at radius 1 is 0.422 bits per heavy atom. The smallest absolute Gasteiger partial charge is 0.305 e. The van der Waals surface area contributed by atoms with Gasteiger partial charge in [0.15, 0.2) is 0 Å². The molecule has 376 valence electrons. The van der Waals surface area contributed by atoms with Crippen LogP contribution in [0, 0.1) is 0 Å². The van der Waals surface area contributed by atoms with Gasteiger partial charge in [-0.2, -0.15) is 0 Å². The summed E-state index contributed by atoms with van der Waals surface area (Å²) in [4.78, 5) is 24.5. The first-order valence-corrected chi connectivity index (χ1v) is 28.3. The van der Waals surface area contributed by atoms with E-state index in [2.05, 4.69) is 43.5 Å². The predicted molar refractivity (Wildman–Crippen MR) is 278 cm³/mol. The van der Waals surface area contributed by atoms with Gasteiger partial charge in [-0.25, -0.2) is 0 Å². The number of hydrogen-bond acceptors (Lipinski definition) is 5. The van der Waals surface area contributed by atoms with Gasteiger partial charge in [0.05, 0.1) is 25.4 Å². The van der Waals surface area contributed by atoms with Gasteiger partial charge >= 0.3 is 5.97 Å². The summed E-state index contributed by atoms with van der Waals surface area (Å²) in [5.74, 6) is -0.0922. The molecule has 6 nitrogen and oxygen atoms in total. The maximum absolute atomic E-state index is 12.5. The highest BCUT2D eigenvalue weighted by atomic mass is 16.5. The Bertz CT molecular complexity index is 1040. The van der Waals surface area contributed by atoms with Crippen molar-refractivity contribution in [1.82, 2.24) is 5.32 Å². The van der Waals surface area contributed by atoms with Crippen molar-refractivity contribution in [3.63, 3.8) is 0 Å². The molecule has 0 heterocycles. The van der Waals surface area contributed by atoms with Crippen LogP contribution in [0.1, 0.15) is 296 Å². The van der Waals surface area contributed by atoms with Gasteiger partial charge in [0.1, 0.15) is 0 Å². The fraction of sp³-hybridized carbons (Fsp3) is 0.862. The van der Waals surface area contributed by atoms with Crippen LogP contribution < -0.4 is 5.32 Å². The van der Waals surface area contributed by atoms with Crippen molar-refractivity contribution in [2.75, 3.05) is 13.2 Å². The lowest BCUT2D eigenvalue weighted by Crippen LogP contribution is -2.45. The molecule has 1 amide bonds. The first kappa shape index (κ1) is 62.1. The van der Waals surface area contributed by atoms with Crippen molar-refractivity contribution in [1.29, 1.82) is 0 Å². The summed E-state index contributed by atoms with van der Waals surface area (Å²) in [5, 5.41) is 23.1. The summed E-state index contributed by atoms with van der Waals surface area (Å²) in [6.07, 6.45) is 65.8. The van der Waals surface area contributed by atoms with Crippen LogP contribution in [0.5, 0.6) is 0 Å². The normalized spacial score (nSPS) is 12.9. The van der Waals surface area contributed by atoms with Gasteiger partial charge in [-0.3, -0.25) is 9.59 Å². The third kappa shape index (κ3) is 49.5. The largest absolute Gasteiger partial charge is 0.466 e. The standard InChI is InChI=1S/C58H109NO5/c1-3-5-7-9-11-13-15-17-18-19-21-24-27-30-34-38-42-46-50-56(61)55(54-60)59-57(62)51-47-43-39-35-31-28-25-22-20-23-26-29-33-37-41-45-49-53-64-58(63)52-48-44-40-36-32-16-14-12-10-8-6-4-2/h12,14,20,23,46,50,55-56,60-61H,3-11,13,15-19,21-22,24-45,47-49,51-54H2,1-2H3,(H,59,62)/b14-12-,23-20-,50-46+. The minimum atomic E-state index is -0.853. The van der Waals surface area contributed by atoms with Crippen molar-refractivity contribution < 1.29 is 24.5 Å². The highest BCUT2D eigenvalue weighted by Crippen LogP contribution is 2.16. The quantitative estimate of drug-likeness (QED) is 0.0321. The summed E-state index contributed by atoms with van der Waals surface area (Å²) in [7, 11) is 0. The average molecular weight is 901 g/mol. The molecular weight excluding hydrogens is 791 g/mol. The predicted octanol–water partition coefficient (Wildman–Crippen LogP) is 17.2. The van der Waals surface area contributed by atoms with E-state index in [1.54, 1.807) is 6.08 Å². The Hall–Kier alpha value is -1.92. The molecule has 0 spiro atoms. The van der Waals surface area contributed by atoms with Crippen LogP contribution in [0.4, 0.5) is 0 Å². The van der Waals surface area contributed by atoms with Crippen molar-refractivity contribution in [2.24, 2.45) is 0 Å². The van der Waals surface area contributed by atoms with Crippen LogP contribution >= 0.6 is 0 Å². The number of carbonyl (C=O) groups is 2. The van der Waals surface area contributed by atoms with Gasteiger partial charge in [0.25, 0.3) is 0 Å². The molecule has 0 saturated carbocycles. The van der Waals surface area contributed by atoms with E-state index in [1.807, 2.05) is 6.08 Å². The minimum Gasteiger partial charge on any atom is -0.466 e. The number of hydrogen-bond donors (Lipinski definition) is 3. The van der Waals surface area contributed by atoms with Crippen molar-refractivity contribution >= 4 is 11.9 Å². The number of nitrogens with one attached hydrogen (secondary N) is 1. The minimum absolute atomic E-state index is 0.0131. The zero-order chi connectivity index (χ0) is 46.5. The first-order valence-electron chi connectivity index (χ1n) is 28.3. The Morgan fingerprint density at radius 2 is 0.734 bits per heavy atom. The fourth-order valence-electron chi connectivity index (χ4n) is 8.50. The number of aliphatic hydroxyl groups excluding tert-OH is 2. The number of ether oxygens (including phenoxy) is 1. The molecule has 0 saturated heterocycles. The first-order chi connectivity index (χ1) is 31.5. The summed E-state index contributed by atoms with van der Waals surface area (Å²) in [6.45, 7) is 4.86. The highest BCUT2D eigenvalue weighted by molar-refractivity contribution is 5.76. The number of rotatable bonds is 52. The Balaban J connectivity index is 3.51. The molecule has 2 unspecified atom stereocenters. The van der Waals surface area contributed by atoms with Crippen molar-refractivity contribution in [3.8, 4) is 0 Å². The van der Waals surface area contributed by atoms with E-state index < -0.39 is 12.1 Å². The van der Waals surface area contributed by atoms with E-state index in [4.69, 9.17) is 4.74 Å². The molecule has 0 aromatic rings. The lowest BCUT2D eigenvalue weighted by molar-refractivity contribution is -0.143. The SMILES string of the molecule is CCCCC/C=C\CCCCCCCC(=O)OCCCCCCCC/C=C\CCCCCCCCCC(=O)NC(CO)C(O)/C=C/CCCCCCCCCCCCCCCCCC. The molecule has 6 heteroatoms. The molecule has 0 aromatic heterocycles. The molecule has 64 heavy (non-hydrogen) atoms. The lowest BCUT2D eigenvalue weighted by atomic mass is 10.0. The van der Waals surface area contributed by atoms with Crippen LogP contribution in [-0.2, 0) is 14.3 Å². The zero-order valence-corrected chi connectivity index (χ0v) is 42.8. The third-order valence-electron chi connectivity index (χ3n) is 12.9.